The third-order valence-electron chi connectivity index (χ3n) is 2.13. The van der Waals surface area contributed by atoms with Crippen molar-refractivity contribution < 1.29 is 4.74 Å². The van der Waals surface area contributed by atoms with Crippen molar-refractivity contribution in [3.63, 3.8) is 0 Å². The fourth-order valence-corrected chi connectivity index (χ4v) is 1.39. The molecule has 0 spiro atoms. The Bertz CT molecular complexity index is 260. The van der Waals surface area contributed by atoms with E-state index in [4.69, 9.17) is 16.3 Å². The van der Waals surface area contributed by atoms with Crippen LogP contribution in [-0.4, -0.2) is 13.2 Å². The fraction of sp³-hybridized carbons (Fsp3) is 0.455. The topological polar surface area (TPSA) is 9.23 Å². The van der Waals surface area contributed by atoms with Crippen molar-refractivity contribution in [3.8, 4) is 0 Å². The minimum atomic E-state index is 0.319. The van der Waals surface area contributed by atoms with E-state index in [1.54, 1.807) is 7.11 Å². The first-order valence-corrected chi connectivity index (χ1v) is 4.87. The SMILES string of the molecule is COC(C)CCc1cccc(Cl)c1. The molecule has 0 radical (unpaired) electrons. The maximum absolute atomic E-state index is 5.86. The zero-order valence-corrected chi connectivity index (χ0v) is 8.84. The first-order chi connectivity index (χ1) is 6.22. The number of ether oxygens (including phenoxy) is 1. The highest BCUT2D eigenvalue weighted by Gasteiger charge is 2.00. The van der Waals surface area contributed by atoms with Gasteiger partial charge in [-0.25, -0.2) is 0 Å². The van der Waals surface area contributed by atoms with Crippen LogP contribution in [0, 0.1) is 0 Å². The summed E-state index contributed by atoms with van der Waals surface area (Å²) in [5.74, 6) is 0. The van der Waals surface area contributed by atoms with Gasteiger partial charge in [-0.15, -0.1) is 0 Å². The Morgan fingerprint density at radius 3 is 2.85 bits per heavy atom. The van der Waals surface area contributed by atoms with E-state index in [2.05, 4.69) is 13.0 Å². The van der Waals surface area contributed by atoms with Gasteiger partial charge in [0.1, 0.15) is 0 Å². The summed E-state index contributed by atoms with van der Waals surface area (Å²) < 4.78 is 5.17. The number of methoxy groups -OCH3 is 1. The van der Waals surface area contributed by atoms with Crippen LogP contribution in [0.4, 0.5) is 0 Å². The number of hydrogen-bond donors (Lipinski definition) is 0. The number of rotatable bonds is 4. The number of aryl methyl sites for hydroxylation is 1. The van der Waals surface area contributed by atoms with E-state index in [-0.39, 0.29) is 0 Å². The molecule has 1 rings (SSSR count). The third-order valence-corrected chi connectivity index (χ3v) is 2.37. The summed E-state index contributed by atoms with van der Waals surface area (Å²) >= 11 is 5.86. The van der Waals surface area contributed by atoms with E-state index in [9.17, 15) is 0 Å². The molecule has 1 nitrogen and oxygen atoms in total. The average molecular weight is 199 g/mol. The first-order valence-electron chi connectivity index (χ1n) is 4.49. The minimum Gasteiger partial charge on any atom is -0.382 e. The van der Waals surface area contributed by atoms with Crippen LogP contribution in [0.25, 0.3) is 0 Å². The molecule has 1 aromatic carbocycles. The standard InChI is InChI=1S/C11H15ClO/c1-9(13-2)6-7-10-4-3-5-11(12)8-10/h3-5,8-9H,6-7H2,1-2H3. The molecule has 1 aromatic rings. The number of hydrogen-bond acceptors (Lipinski definition) is 1. The molecule has 1 unspecified atom stereocenters. The predicted octanol–water partition coefficient (Wildman–Crippen LogP) is 3.31. The van der Waals surface area contributed by atoms with E-state index in [0.29, 0.717) is 6.10 Å². The second kappa shape index (κ2) is 5.25. The summed E-state index contributed by atoms with van der Waals surface area (Å²) in [5, 5.41) is 0.808. The van der Waals surface area contributed by atoms with Crippen LogP contribution in [0.1, 0.15) is 18.9 Å². The quantitative estimate of drug-likeness (QED) is 0.722. The normalized spacial score (nSPS) is 12.8. The second-order valence-electron chi connectivity index (χ2n) is 3.21. The van der Waals surface area contributed by atoms with Gasteiger partial charge < -0.3 is 4.74 Å². The molecule has 0 amide bonds. The van der Waals surface area contributed by atoms with E-state index < -0.39 is 0 Å². The summed E-state index contributed by atoms with van der Waals surface area (Å²) in [4.78, 5) is 0. The largest absolute Gasteiger partial charge is 0.382 e. The molecule has 2 heteroatoms. The summed E-state index contributed by atoms with van der Waals surface area (Å²) in [7, 11) is 1.74. The van der Waals surface area contributed by atoms with Crippen molar-refractivity contribution in [2.75, 3.05) is 7.11 Å². The number of benzene rings is 1. The molecule has 0 aromatic heterocycles. The first kappa shape index (κ1) is 10.6. The van der Waals surface area contributed by atoms with Crippen molar-refractivity contribution in [2.45, 2.75) is 25.9 Å². The van der Waals surface area contributed by atoms with Gasteiger partial charge in [-0.2, -0.15) is 0 Å². The maximum Gasteiger partial charge on any atom is 0.0546 e. The monoisotopic (exact) mass is 198 g/mol. The molecule has 1 atom stereocenters. The summed E-state index contributed by atoms with van der Waals surface area (Å²) in [6.07, 6.45) is 2.38. The van der Waals surface area contributed by atoms with Crippen molar-refractivity contribution in [2.24, 2.45) is 0 Å². The van der Waals surface area contributed by atoms with Crippen molar-refractivity contribution in [1.82, 2.24) is 0 Å². The maximum atomic E-state index is 5.86. The van der Waals surface area contributed by atoms with Crippen LogP contribution >= 0.6 is 11.6 Å². The highest BCUT2D eigenvalue weighted by atomic mass is 35.5. The molecule has 0 bridgehead atoms. The van der Waals surface area contributed by atoms with E-state index in [1.807, 2.05) is 18.2 Å². The molecule has 0 fully saturated rings. The van der Waals surface area contributed by atoms with Crippen LogP contribution in [-0.2, 0) is 11.2 Å². The van der Waals surface area contributed by atoms with Gasteiger partial charge in [0, 0.05) is 12.1 Å². The molecule has 0 N–H and O–H groups in total. The van der Waals surface area contributed by atoms with Gasteiger partial charge in [0.2, 0.25) is 0 Å². The van der Waals surface area contributed by atoms with E-state index in [0.717, 1.165) is 17.9 Å². The number of halogens is 1. The zero-order chi connectivity index (χ0) is 9.68. The van der Waals surface area contributed by atoms with Crippen LogP contribution in [0.15, 0.2) is 24.3 Å². The Morgan fingerprint density at radius 2 is 2.23 bits per heavy atom. The van der Waals surface area contributed by atoms with E-state index >= 15 is 0 Å². The van der Waals surface area contributed by atoms with Gasteiger partial charge in [-0.05, 0) is 37.5 Å². The Morgan fingerprint density at radius 1 is 1.46 bits per heavy atom. The lowest BCUT2D eigenvalue weighted by Crippen LogP contribution is -2.05. The molecule has 0 aliphatic heterocycles. The Labute approximate surface area is 84.7 Å². The molecule has 0 saturated carbocycles. The van der Waals surface area contributed by atoms with Gasteiger partial charge >= 0.3 is 0 Å². The van der Waals surface area contributed by atoms with Crippen molar-refractivity contribution in [3.05, 3.63) is 34.9 Å². The van der Waals surface area contributed by atoms with Gasteiger partial charge in [-0.1, -0.05) is 23.7 Å². The Balaban J connectivity index is 2.45. The highest BCUT2D eigenvalue weighted by molar-refractivity contribution is 6.30. The molecule has 0 aliphatic carbocycles. The van der Waals surface area contributed by atoms with Crippen molar-refractivity contribution in [1.29, 1.82) is 0 Å². The second-order valence-corrected chi connectivity index (χ2v) is 3.65. The van der Waals surface area contributed by atoms with Gasteiger partial charge in [0.15, 0.2) is 0 Å². The van der Waals surface area contributed by atoms with Gasteiger partial charge in [-0.3, -0.25) is 0 Å². The highest BCUT2D eigenvalue weighted by Crippen LogP contribution is 2.13. The predicted molar refractivity (Wildman–Crippen MR) is 56.2 cm³/mol. The Hall–Kier alpha value is -0.530. The zero-order valence-electron chi connectivity index (χ0n) is 8.09. The fourth-order valence-electron chi connectivity index (χ4n) is 1.18. The average Bonchev–Trinajstić information content (AvgIpc) is 2.14. The molecule has 0 heterocycles. The molecule has 72 valence electrons. The van der Waals surface area contributed by atoms with Gasteiger partial charge in [0.25, 0.3) is 0 Å². The van der Waals surface area contributed by atoms with E-state index in [1.165, 1.54) is 5.56 Å². The smallest absolute Gasteiger partial charge is 0.0546 e. The van der Waals surface area contributed by atoms with Crippen LogP contribution in [0.2, 0.25) is 5.02 Å². The molecule has 0 saturated heterocycles. The molecular formula is C11H15ClO. The lowest BCUT2D eigenvalue weighted by Gasteiger charge is -2.08. The lowest BCUT2D eigenvalue weighted by molar-refractivity contribution is 0.111. The van der Waals surface area contributed by atoms with Crippen molar-refractivity contribution >= 4 is 11.6 Å². The van der Waals surface area contributed by atoms with Crippen LogP contribution < -0.4 is 0 Å². The third kappa shape index (κ3) is 3.79. The Kier molecular flexibility index (Phi) is 4.26. The minimum absolute atomic E-state index is 0.319. The summed E-state index contributed by atoms with van der Waals surface area (Å²) in [6, 6.07) is 7.97. The van der Waals surface area contributed by atoms with Crippen LogP contribution in [0.5, 0.6) is 0 Å². The van der Waals surface area contributed by atoms with Crippen LogP contribution in [0.3, 0.4) is 0 Å². The molecular weight excluding hydrogens is 184 g/mol. The summed E-state index contributed by atoms with van der Waals surface area (Å²) in [5.41, 5.74) is 1.27. The molecule has 13 heavy (non-hydrogen) atoms. The lowest BCUT2D eigenvalue weighted by atomic mass is 10.1. The molecule has 0 aliphatic rings. The summed E-state index contributed by atoms with van der Waals surface area (Å²) in [6.45, 7) is 2.07. The van der Waals surface area contributed by atoms with Gasteiger partial charge in [0.05, 0.1) is 6.10 Å².